The Hall–Kier alpha value is -1.81. The number of rotatable bonds is 5. The highest BCUT2D eigenvalue weighted by atomic mass is 35.5. The lowest BCUT2D eigenvalue weighted by Gasteiger charge is -2.19. The van der Waals surface area contributed by atoms with Crippen molar-refractivity contribution in [3.8, 4) is 5.88 Å². The Kier molecular flexibility index (Phi) is 5.02. The first kappa shape index (κ1) is 15.6. The van der Waals surface area contributed by atoms with Crippen LogP contribution in [0, 0.1) is 5.82 Å². The SMILES string of the molecule is CC(C)Oc1ncccc1NC(C)c1ccc(F)c(Cl)c1. The van der Waals surface area contributed by atoms with E-state index in [1.54, 1.807) is 18.3 Å². The zero-order valence-electron chi connectivity index (χ0n) is 12.2. The number of benzene rings is 1. The number of nitrogens with zero attached hydrogens (tertiary/aromatic N) is 1. The van der Waals surface area contributed by atoms with Gasteiger partial charge in [0.2, 0.25) is 5.88 Å². The summed E-state index contributed by atoms with van der Waals surface area (Å²) >= 11 is 5.82. The van der Waals surface area contributed by atoms with Gasteiger partial charge in [-0.3, -0.25) is 0 Å². The Morgan fingerprint density at radius 1 is 1.24 bits per heavy atom. The molecule has 1 aromatic carbocycles. The van der Waals surface area contributed by atoms with Crippen LogP contribution < -0.4 is 10.1 Å². The lowest BCUT2D eigenvalue weighted by Crippen LogP contribution is -2.12. The van der Waals surface area contributed by atoms with Crippen LogP contribution in [0.2, 0.25) is 5.02 Å². The highest BCUT2D eigenvalue weighted by Gasteiger charge is 2.12. The fourth-order valence-corrected chi connectivity index (χ4v) is 2.11. The zero-order valence-corrected chi connectivity index (χ0v) is 13.0. The maximum atomic E-state index is 13.2. The van der Waals surface area contributed by atoms with Crippen LogP contribution in [0.25, 0.3) is 0 Å². The van der Waals surface area contributed by atoms with Crippen molar-refractivity contribution >= 4 is 17.3 Å². The number of nitrogens with one attached hydrogen (secondary N) is 1. The third-order valence-corrected chi connectivity index (χ3v) is 3.22. The van der Waals surface area contributed by atoms with Gasteiger partial charge in [-0.2, -0.15) is 0 Å². The van der Waals surface area contributed by atoms with E-state index in [-0.39, 0.29) is 17.2 Å². The third-order valence-electron chi connectivity index (χ3n) is 2.93. The normalized spacial score (nSPS) is 12.3. The van der Waals surface area contributed by atoms with Crippen LogP contribution in [0.3, 0.4) is 0 Å². The summed E-state index contributed by atoms with van der Waals surface area (Å²) in [6, 6.07) is 8.37. The standard InChI is InChI=1S/C16H18ClFN2O/c1-10(2)21-16-15(5-4-8-19-16)20-11(3)12-6-7-14(18)13(17)9-12/h4-11,20H,1-3H3. The Bertz CT molecular complexity index is 619. The van der Waals surface area contributed by atoms with E-state index < -0.39 is 5.82 Å². The first-order chi connectivity index (χ1) is 9.97. The number of halogens is 2. The van der Waals surface area contributed by atoms with Gasteiger partial charge in [0.15, 0.2) is 0 Å². The summed E-state index contributed by atoms with van der Waals surface area (Å²) in [5.74, 6) is 0.130. The van der Waals surface area contributed by atoms with Crippen molar-refractivity contribution in [2.75, 3.05) is 5.32 Å². The van der Waals surface area contributed by atoms with Gasteiger partial charge in [-0.1, -0.05) is 17.7 Å². The molecule has 112 valence electrons. The lowest BCUT2D eigenvalue weighted by atomic mass is 10.1. The number of hydrogen-bond acceptors (Lipinski definition) is 3. The predicted octanol–water partition coefficient (Wildman–Crippen LogP) is 4.83. The molecule has 0 saturated heterocycles. The number of ether oxygens (including phenoxy) is 1. The number of pyridine rings is 1. The van der Waals surface area contributed by atoms with Gasteiger partial charge in [0.25, 0.3) is 0 Å². The van der Waals surface area contributed by atoms with Crippen molar-refractivity contribution in [1.82, 2.24) is 4.98 Å². The van der Waals surface area contributed by atoms with Crippen molar-refractivity contribution in [2.24, 2.45) is 0 Å². The summed E-state index contributed by atoms with van der Waals surface area (Å²) < 4.78 is 18.9. The molecular weight excluding hydrogens is 291 g/mol. The van der Waals surface area contributed by atoms with Gasteiger partial charge in [0.1, 0.15) is 5.82 Å². The van der Waals surface area contributed by atoms with E-state index in [0.29, 0.717) is 5.88 Å². The Morgan fingerprint density at radius 3 is 2.67 bits per heavy atom. The van der Waals surface area contributed by atoms with Gasteiger partial charge in [-0.15, -0.1) is 0 Å². The minimum absolute atomic E-state index is 0.0380. The Morgan fingerprint density at radius 2 is 2.00 bits per heavy atom. The molecule has 0 radical (unpaired) electrons. The van der Waals surface area contributed by atoms with E-state index in [1.165, 1.54) is 6.07 Å². The maximum Gasteiger partial charge on any atom is 0.237 e. The molecule has 1 heterocycles. The van der Waals surface area contributed by atoms with E-state index in [1.807, 2.05) is 32.9 Å². The summed E-state index contributed by atoms with van der Waals surface area (Å²) in [7, 11) is 0. The van der Waals surface area contributed by atoms with E-state index in [9.17, 15) is 4.39 Å². The molecular formula is C16H18ClFN2O. The predicted molar refractivity (Wildman–Crippen MR) is 83.4 cm³/mol. The highest BCUT2D eigenvalue weighted by Crippen LogP contribution is 2.28. The zero-order chi connectivity index (χ0) is 15.4. The topological polar surface area (TPSA) is 34.1 Å². The third kappa shape index (κ3) is 4.08. The smallest absolute Gasteiger partial charge is 0.237 e. The molecule has 2 rings (SSSR count). The van der Waals surface area contributed by atoms with Gasteiger partial charge in [-0.25, -0.2) is 9.37 Å². The highest BCUT2D eigenvalue weighted by molar-refractivity contribution is 6.30. The lowest BCUT2D eigenvalue weighted by molar-refractivity contribution is 0.234. The van der Waals surface area contributed by atoms with Gasteiger partial charge >= 0.3 is 0 Å². The molecule has 1 aromatic heterocycles. The second kappa shape index (κ2) is 6.76. The number of aromatic nitrogens is 1. The summed E-state index contributed by atoms with van der Waals surface area (Å²) in [6.07, 6.45) is 1.72. The van der Waals surface area contributed by atoms with Crippen molar-refractivity contribution < 1.29 is 9.13 Å². The van der Waals surface area contributed by atoms with Crippen molar-refractivity contribution in [2.45, 2.75) is 32.9 Å². The summed E-state index contributed by atoms with van der Waals surface area (Å²) in [4.78, 5) is 4.23. The quantitative estimate of drug-likeness (QED) is 0.858. The molecule has 0 aliphatic heterocycles. The summed E-state index contributed by atoms with van der Waals surface area (Å²) in [5, 5.41) is 3.43. The van der Waals surface area contributed by atoms with Crippen molar-refractivity contribution in [3.05, 3.63) is 52.9 Å². The van der Waals surface area contributed by atoms with Gasteiger partial charge in [-0.05, 0) is 50.6 Å². The minimum atomic E-state index is -0.419. The molecule has 1 atom stereocenters. The van der Waals surface area contributed by atoms with Crippen LogP contribution in [-0.4, -0.2) is 11.1 Å². The van der Waals surface area contributed by atoms with Crippen LogP contribution in [0.5, 0.6) is 5.88 Å². The number of anilines is 1. The molecule has 1 N–H and O–H groups in total. The average molecular weight is 309 g/mol. The van der Waals surface area contributed by atoms with E-state index in [2.05, 4.69) is 10.3 Å². The minimum Gasteiger partial charge on any atom is -0.473 e. The van der Waals surface area contributed by atoms with Gasteiger partial charge in [0.05, 0.1) is 16.8 Å². The molecule has 0 aliphatic rings. The molecule has 5 heteroatoms. The average Bonchev–Trinajstić information content (AvgIpc) is 2.43. The van der Waals surface area contributed by atoms with Crippen LogP contribution >= 0.6 is 11.6 Å². The largest absolute Gasteiger partial charge is 0.473 e. The maximum absolute atomic E-state index is 13.2. The van der Waals surface area contributed by atoms with Crippen molar-refractivity contribution in [1.29, 1.82) is 0 Å². The molecule has 1 unspecified atom stereocenters. The molecule has 3 nitrogen and oxygen atoms in total. The fraction of sp³-hybridized carbons (Fsp3) is 0.312. The van der Waals surface area contributed by atoms with Crippen LogP contribution in [-0.2, 0) is 0 Å². The summed E-state index contributed by atoms with van der Waals surface area (Å²) in [6.45, 7) is 5.86. The number of hydrogen-bond donors (Lipinski definition) is 1. The first-order valence-electron chi connectivity index (χ1n) is 6.80. The molecule has 0 saturated carbocycles. The molecule has 21 heavy (non-hydrogen) atoms. The molecule has 0 spiro atoms. The molecule has 0 fully saturated rings. The van der Waals surface area contributed by atoms with Crippen LogP contribution in [0.15, 0.2) is 36.5 Å². The van der Waals surface area contributed by atoms with E-state index >= 15 is 0 Å². The fourth-order valence-electron chi connectivity index (χ4n) is 1.92. The Balaban J connectivity index is 2.19. The summed E-state index contributed by atoms with van der Waals surface area (Å²) in [5.41, 5.74) is 1.68. The second-order valence-corrected chi connectivity index (χ2v) is 5.47. The first-order valence-corrected chi connectivity index (χ1v) is 7.18. The second-order valence-electron chi connectivity index (χ2n) is 5.06. The van der Waals surface area contributed by atoms with Crippen LogP contribution in [0.4, 0.5) is 10.1 Å². The van der Waals surface area contributed by atoms with Crippen LogP contribution in [0.1, 0.15) is 32.4 Å². The van der Waals surface area contributed by atoms with Gasteiger partial charge in [0, 0.05) is 12.2 Å². The molecule has 0 aliphatic carbocycles. The molecule has 0 amide bonds. The molecule has 2 aromatic rings. The van der Waals surface area contributed by atoms with E-state index in [0.717, 1.165) is 11.3 Å². The van der Waals surface area contributed by atoms with Gasteiger partial charge < -0.3 is 10.1 Å². The Labute approximate surface area is 129 Å². The molecule has 0 bridgehead atoms. The monoisotopic (exact) mass is 308 g/mol. The van der Waals surface area contributed by atoms with E-state index in [4.69, 9.17) is 16.3 Å². The van der Waals surface area contributed by atoms with Crippen molar-refractivity contribution in [3.63, 3.8) is 0 Å².